The van der Waals surface area contributed by atoms with Crippen LogP contribution in [0.25, 0.3) is 22.2 Å². The van der Waals surface area contributed by atoms with Gasteiger partial charge in [0, 0.05) is 22.0 Å². The first kappa shape index (κ1) is 15.4. The molecule has 0 saturated heterocycles. The van der Waals surface area contributed by atoms with Crippen LogP contribution in [-0.4, -0.2) is 21.8 Å². The SMILES string of the molecule is CC(C)(Oc1ccc2c(-c3ccc(Cl)cc3)noc2c1)C(=O)O. The van der Waals surface area contributed by atoms with Crippen LogP contribution in [0.4, 0.5) is 0 Å². The minimum atomic E-state index is -1.33. The molecule has 0 spiro atoms. The molecule has 1 heterocycles. The fourth-order valence-corrected chi connectivity index (χ4v) is 2.26. The van der Waals surface area contributed by atoms with Gasteiger partial charge in [0.1, 0.15) is 11.4 Å². The fraction of sp³-hybridized carbons (Fsp3) is 0.176. The molecule has 0 saturated carbocycles. The first-order valence-corrected chi connectivity index (χ1v) is 7.32. The van der Waals surface area contributed by atoms with Crippen molar-refractivity contribution in [3.8, 4) is 17.0 Å². The summed E-state index contributed by atoms with van der Waals surface area (Å²) >= 11 is 5.89. The third kappa shape index (κ3) is 3.00. The van der Waals surface area contributed by atoms with E-state index in [1.54, 1.807) is 30.3 Å². The third-order valence-corrected chi connectivity index (χ3v) is 3.70. The van der Waals surface area contributed by atoms with E-state index in [4.69, 9.17) is 26.0 Å². The molecule has 0 fully saturated rings. The predicted octanol–water partition coefficient (Wildman–Crippen LogP) is 4.39. The van der Waals surface area contributed by atoms with E-state index in [-0.39, 0.29) is 0 Å². The Hall–Kier alpha value is -2.53. The van der Waals surface area contributed by atoms with E-state index in [2.05, 4.69) is 5.16 Å². The van der Waals surface area contributed by atoms with Crippen molar-refractivity contribution in [3.63, 3.8) is 0 Å². The Balaban J connectivity index is 1.97. The van der Waals surface area contributed by atoms with Crippen LogP contribution in [0.3, 0.4) is 0 Å². The summed E-state index contributed by atoms with van der Waals surface area (Å²) in [6.45, 7) is 2.97. The number of hydrogen-bond acceptors (Lipinski definition) is 4. The zero-order valence-electron chi connectivity index (χ0n) is 12.5. The number of hydrogen-bond donors (Lipinski definition) is 1. The lowest BCUT2D eigenvalue weighted by molar-refractivity contribution is -0.152. The lowest BCUT2D eigenvalue weighted by atomic mass is 10.1. The van der Waals surface area contributed by atoms with Gasteiger partial charge in [-0.15, -0.1) is 0 Å². The Labute approximate surface area is 137 Å². The minimum absolute atomic E-state index is 0.406. The van der Waals surface area contributed by atoms with Crippen LogP contribution in [0.5, 0.6) is 5.75 Å². The molecular formula is C17H14ClNO4. The molecule has 2 aromatic carbocycles. The maximum atomic E-state index is 11.1. The highest BCUT2D eigenvalue weighted by Crippen LogP contribution is 2.32. The van der Waals surface area contributed by atoms with Crippen molar-refractivity contribution in [2.24, 2.45) is 0 Å². The molecule has 23 heavy (non-hydrogen) atoms. The lowest BCUT2D eigenvalue weighted by Gasteiger charge is -2.21. The maximum Gasteiger partial charge on any atom is 0.347 e. The summed E-state index contributed by atoms with van der Waals surface area (Å²) in [5.41, 5.74) is 0.772. The molecule has 0 radical (unpaired) electrons. The van der Waals surface area contributed by atoms with Crippen molar-refractivity contribution in [2.75, 3.05) is 0 Å². The molecule has 1 aromatic heterocycles. The average Bonchev–Trinajstić information content (AvgIpc) is 2.90. The van der Waals surface area contributed by atoms with Crippen molar-refractivity contribution in [3.05, 3.63) is 47.5 Å². The van der Waals surface area contributed by atoms with Crippen LogP contribution in [0.15, 0.2) is 47.0 Å². The summed E-state index contributed by atoms with van der Waals surface area (Å²) in [7, 11) is 0. The number of aliphatic carboxylic acids is 1. The first-order chi connectivity index (χ1) is 10.9. The van der Waals surface area contributed by atoms with Gasteiger partial charge >= 0.3 is 5.97 Å². The summed E-state index contributed by atoms with van der Waals surface area (Å²) in [5, 5.41) is 14.7. The smallest absolute Gasteiger partial charge is 0.347 e. The van der Waals surface area contributed by atoms with Gasteiger partial charge in [-0.1, -0.05) is 28.9 Å². The molecule has 5 nitrogen and oxygen atoms in total. The van der Waals surface area contributed by atoms with Crippen LogP contribution in [0.2, 0.25) is 5.02 Å². The second kappa shape index (κ2) is 5.59. The average molecular weight is 332 g/mol. The Kier molecular flexibility index (Phi) is 3.74. The highest BCUT2D eigenvalue weighted by molar-refractivity contribution is 6.30. The van der Waals surface area contributed by atoms with E-state index in [0.717, 1.165) is 10.9 Å². The van der Waals surface area contributed by atoms with Crippen LogP contribution in [-0.2, 0) is 4.79 Å². The first-order valence-electron chi connectivity index (χ1n) is 6.94. The monoisotopic (exact) mass is 331 g/mol. The van der Waals surface area contributed by atoms with Gasteiger partial charge in [0.05, 0.1) is 0 Å². The van der Waals surface area contributed by atoms with Gasteiger partial charge in [-0.25, -0.2) is 4.79 Å². The summed E-state index contributed by atoms with van der Waals surface area (Å²) in [6, 6.07) is 12.4. The predicted molar refractivity (Wildman–Crippen MR) is 86.8 cm³/mol. The molecule has 0 aliphatic carbocycles. The van der Waals surface area contributed by atoms with Gasteiger partial charge in [0.2, 0.25) is 0 Å². The standard InChI is InChI=1S/C17H14ClNO4/c1-17(2,16(20)21)22-12-7-8-13-14(9-12)23-19-15(13)10-3-5-11(18)6-4-10/h3-9H,1-2H3,(H,20,21). The number of ether oxygens (including phenoxy) is 1. The molecule has 3 aromatic rings. The summed E-state index contributed by atoms with van der Waals surface area (Å²) in [5.74, 6) is -0.638. The maximum absolute atomic E-state index is 11.1. The molecule has 6 heteroatoms. The van der Waals surface area contributed by atoms with Gasteiger partial charge in [-0.3, -0.25) is 0 Å². The van der Waals surface area contributed by atoms with Crippen LogP contribution < -0.4 is 4.74 Å². The van der Waals surface area contributed by atoms with Crippen molar-refractivity contribution >= 4 is 28.5 Å². The number of carboxylic acids is 1. The van der Waals surface area contributed by atoms with Gasteiger partial charge in [-0.05, 0) is 38.1 Å². The Morgan fingerprint density at radius 1 is 1.22 bits per heavy atom. The van der Waals surface area contributed by atoms with Gasteiger partial charge < -0.3 is 14.4 Å². The quantitative estimate of drug-likeness (QED) is 0.767. The molecule has 0 atom stereocenters. The molecule has 0 aliphatic heterocycles. The summed E-state index contributed by atoms with van der Waals surface area (Å²) in [6.07, 6.45) is 0. The molecule has 0 amide bonds. The van der Waals surface area contributed by atoms with Crippen molar-refractivity contribution in [2.45, 2.75) is 19.4 Å². The second-order valence-corrected chi connectivity index (χ2v) is 6.05. The van der Waals surface area contributed by atoms with E-state index < -0.39 is 11.6 Å². The van der Waals surface area contributed by atoms with E-state index in [9.17, 15) is 4.79 Å². The number of benzene rings is 2. The second-order valence-electron chi connectivity index (χ2n) is 5.61. The molecular weight excluding hydrogens is 318 g/mol. The molecule has 0 aliphatic rings. The molecule has 3 rings (SSSR count). The van der Waals surface area contributed by atoms with Crippen LogP contribution >= 0.6 is 11.6 Å². The Morgan fingerprint density at radius 3 is 2.57 bits per heavy atom. The number of rotatable bonds is 4. The zero-order valence-corrected chi connectivity index (χ0v) is 13.3. The third-order valence-electron chi connectivity index (χ3n) is 3.45. The van der Waals surface area contributed by atoms with E-state index in [1.165, 1.54) is 13.8 Å². The van der Waals surface area contributed by atoms with E-state index >= 15 is 0 Å². The normalized spacial score (nSPS) is 11.6. The lowest BCUT2D eigenvalue weighted by Crippen LogP contribution is -2.37. The van der Waals surface area contributed by atoms with E-state index in [1.807, 2.05) is 12.1 Å². The largest absolute Gasteiger partial charge is 0.478 e. The Bertz CT molecular complexity index is 868. The van der Waals surface area contributed by atoms with Crippen LogP contribution in [0.1, 0.15) is 13.8 Å². The number of fused-ring (bicyclic) bond motifs is 1. The number of aromatic nitrogens is 1. The van der Waals surface area contributed by atoms with Crippen molar-refractivity contribution in [1.29, 1.82) is 0 Å². The molecule has 0 bridgehead atoms. The van der Waals surface area contributed by atoms with Crippen molar-refractivity contribution in [1.82, 2.24) is 5.16 Å². The van der Waals surface area contributed by atoms with Gasteiger partial charge in [0.15, 0.2) is 11.2 Å². The molecule has 1 N–H and O–H groups in total. The number of halogens is 1. The number of nitrogens with zero attached hydrogens (tertiary/aromatic N) is 1. The highest BCUT2D eigenvalue weighted by atomic mass is 35.5. The highest BCUT2D eigenvalue weighted by Gasteiger charge is 2.29. The minimum Gasteiger partial charge on any atom is -0.478 e. The summed E-state index contributed by atoms with van der Waals surface area (Å²) < 4.78 is 10.8. The fourth-order valence-electron chi connectivity index (χ4n) is 2.14. The molecule has 118 valence electrons. The topological polar surface area (TPSA) is 72.6 Å². The van der Waals surface area contributed by atoms with Gasteiger partial charge in [0.25, 0.3) is 0 Å². The van der Waals surface area contributed by atoms with Gasteiger partial charge in [-0.2, -0.15) is 0 Å². The summed E-state index contributed by atoms with van der Waals surface area (Å²) in [4.78, 5) is 11.1. The zero-order chi connectivity index (χ0) is 16.6. The van der Waals surface area contributed by atoms with Crippen molar-refractivity contribution < 1.29 is 19.2 Å². The van der Waals surface area contributed by atoms with Crippen LogP contribution in [0, 0.1) is 0 Å². The van der Waals surface area contributed by atoms with E-state index in [0.29, 0.717) is 22.0 Å². The molecule has 0 unspecified atom stereocenters. The Morgan fingerprint density at radius 2 is 1.91 bits per heavy atom. The number of carbonyl (C=O) groups is 1. The number of carboxylic acid groups (broad SMARTS) is 1.